The van der Waals surface area contributed by atoms with E-state index in [0.29, 0.717) is 0 Å². The first-order valence-corrected chi connectivity index (χ1v) is 11.3. The maximum Gasteiger partial charge on any atom is 0.361 e. The van der Waals surface area contributed by atoms with Crippen molar-refractivity contribution < 1.29 is 38.4 Å². The molecule has 0 aromatic carbocycles. The first kappa shape index (κ1) is 25.9. The second-order valence-corrected chi connectivity index (χ2v) is 10.7. The molecule has 1 aliphatic heterocycles. The predicted molar refractivity (Wildman–Crippen MR) is 107 cm³/mol. The highest BCUT2D eigenvalue weighted by Crippen LogP contribution is 2.59. The third-order valence-electron chi connectivity index (χ3n) is 5.70. The number of alkyl halides is 1. The quantitative estimate of drug-likeness (QED) is 0.400. The molecular weight excluding hydrogens is 438 g/mol. The fourth-order valence-electron chi connectivity index (χ4n) is 3.44. The van der Waals surface area contributed by atoms with Crippen LogP contribution in [0.5, 0.6) is 0 Å². The van der Waals surface area contributed by atoms with Crippen LogP contribution < -0.4 is 11.2 Å². The Morgan fingerprint density at radius 1 is 1.29 bits per heavy atom. The van der Waals surface area contributed by atoms with Crippen molar-refractivity contribution in [3.05, 3.63) is 32.6 Å². The maximum absolute atomic E-state index is 15.6. The molecule has 0 aliphatic carbocycles. The molecule has 31 heavy (non-hydrogen) atoms. The minimum Gasteiger partial charge on any atom is -0.388 e. The standard InChI is InChI=1S/C18H30FN2O9P/c1-7-18(19,30-31(27,28)17(3,4)26)9(2)13-11(22)12(23)14(29-13)10-8-20(5)16(25)21(6)15(10)24/h8-9,11-14,22-23,26H,7H2,1-6H3,(H,27,28)/t9?,11-,12+,13?,14-,18?/m0/s1. The van der Waals surface area contributed by atoms with E-state index in [1.165, 1.54) is 27.9 Å². The third-order valence-corrected chi connectivity index (χ3v) is 7.64. The van der Waals surface area contributed by atoms with E-state index >= 15 is 4.39 Å². The van der Waals surface area contributed by atoms with Crippen LogP contribution >= 0.6 is 7.60 Å². The highest BCUT2D eigenvalue weighted by Gasteiger charge is 2.56. The van der Waals surface area contributed by atoms with Crippen molar-refractivity contribution in [1.29, 1.82) is 0 Å². The van der Waals surface area contributed by atoms with Gasteiger partial charge in [0.1, 0.15) is 18.3 Å². The summed E-state index contributed by atoms with van der Waals surface area (Å²) in [5, 5.41) is 28.6. The number of nitrogens with zero attached hydrogens (tertiary/aromatic N) is 2. The number of hydrogen-bond donors (Lipinski definition) is 4. The van der Waals surface area contributed by atoms with E-state index < -0.39 is 66.8 Å². The number of ether oxygens (including phenoxy) is 1. The Morgan fingerprint density at radius 2 is 1.84 bits per heavy atom. The van der Waals surface area contributed by atoms with Gasteiger partial charge in [0.15, 0.2) is 5.34 Å². The molecule has 0 spiro atoms. The number of aliphatic hydroxyl groups is 3. The molecule has 2 rings (SSSR count). The molecule has 0 amide bonds. The molecule has 4 unspecified atom stereocenters. The van der Waals surface area contributed by atoms with Crippen molar-refractivity contribution in [2.24, 2.45) is 20.0 Å². The zero-order valence-electron chi connectivity index (χ0n) is 18.2. The molecular formula is C18H30FN2O9P. The average Bonchev–Trinajstić information content (AvgIpc) is 2.96. The molecule has 1 saturated heterocycles. The van der Waals surface area contributed by atoms with Crippen LogP contribution in [0.3, 0.4) is 0 Å². The van der Waals surface area contributed by atoms with Crippen LogP contribution in [0.15, 0.2) is 15.8 Å². The number of aryl methyl sites for hydroxylation is 1. The summed E-state index contributed by atoms with van der Waals surface area (Å²) in [6, 6.07) is 0. The Morgan fingerprint density at radius 3 is 2.32 bits per heavy atom. The molecule has 4 N–H and O–H groups in total. The lowest BCUT2D eigenvalue weighted by molar-refractivity contribution is -0.168. The molecule has 1 aliphatic rings. The highest BCUT2D eigenvalue weighted by molar-refractivity contribution is 7.54. The van der Waals surface area contributed by atoms with Gasteiger partial charge in [-0.05, 0) is 13.8 Å². The Bertz CT molecular complexity index is 988. The Kier molecular flexibility index (Phi) is 7.10. The molecule has 0 bridgehead atoms. The van der Waals surface area contributed by atoms with Gasteiger partial charge in [-0.25, -0.2) is 9.18 Å². The summed E-state index contributed by atoms with van der Waals surface area (Å²) in [7, 11) is -2.23. The van der Waals surface area contributed by atoms with Crippen LogP contribution in [0.25, 0.3) is 0 Å². The molecule has 11 nitrogen and oxygen atoms in total. The third kappa shape index (κ3) is 4.56. The molecule has 0 saturated carbocycles. The molecule has 1 aromatic heterocycles. The first-order chi connectivity index (χ1) is 14.0. The van der Waals surface area contributed by atoms with Gasteiger partial charge >= 0.3 is 13.3 Å². The van der Waals surface area contributed by atoms with Crippen LogP contribution in [-0.2, 0) is 27.9 Å². The lowest BCUT2D eigenvalue weighted by Gasteiger charge is -2.38. The zero-order chi connectivity index (χ0) is 24.1. The number of aliphatic hydroxyl groups excluding tert-OH is 2. The molecule has 2 heterocycles. The summed E-state index contributed by atoms with van der Waals surface area (Å²) in [6.07, 6.45) is -5.42. The summed E-state index contributed by atoms with van der Waals surface area (Å²) < 4.78 is 40.3. The first-order valence-electron chi connectivity index (χ1n) is 9.71. The molecule has 0 radical (unpaired) electrons. The van der Waals surface area contributed by atoms with Crippen molar-refractivity contribution >= 4 is 7.60 Å². The van der Waals surface area contributed by atoms with E-state index in [4.69, 9.17) is 9.26 Å². The molecule has 1 fully saturated rings. The normalized spacial score (nSPS) is 29.4. The van der Waals surface area contributed by atoms with Crippen LogP contribution in [0.4, 0.5) is 4.39 Å². The van der Waals surface area contributed by atoms with Gasteiger partial charge in [-0.1, -0.05) is 13.8 Å². The zero-order valence-corrected chi connectivity index (χ0v) is 19.1. The van der Waals surface area contributed by atoms with Gasteiger partial charge in [0.05, 0.1) is 11.7 Å². The van der Waals surface area contributed by atoms with Crippen molar-refractivity contribution in [2.75, 3.05) is 0 Å². The van der Waals surface area contributed by atoms with Gasteiger partial charge in [-0.3, -0.25) is 18.5 Å². The fourth-order valence-corrected chi connectivity index (χ4v) is 4.37. The van der Waals surface area contributed by atoms with Crippen LogP contribution in [0, 0.1) is 5.92 Å². The Balaban J connectivity index is 2.41. The number of rotatable bonds is 7. The minimum absolute atomic E-state index is 0.128. The van der Waals surface area contributed by atoms with E-state index in [2.05, 4.69) is 0 Å². The van der Waals surface area contributed by atoms with Gasteiger partial charge in [-0.15, -0.1) is 0 Å². The van der Waals surface area contributed by atoms with Gasteiger partial charge < -0.3 is 29.5 Å². The van der Waals surface area contributed by atoms with E-state index in [1.807, 2.05) is 0 Å². The number of hydrogen-bond acceptors (Lipinski definition) is 8. The second kappa shape index (κ2) is 8.51. The minimum atomic E-state index is -4.85. The molecule has 7 atom stereocenters. The van der Waals surface area contributed by atoms with Crippen molar-refractivity contribution in [3.8, 4) is 0 Å². The molecule has 1 aromatic rings. The molecule has 178 valence electrons. The molecule has 13 heteroatoms. The van der Waals surface area contributed by atoms with Crippen molar-refractivity contribution in [2.45, 2.75) is 69.7 Å². The van der Waals surface area contributed by atoms with Crippen molar-refractivity contribution in [1.82, 2.24) is 9.13 Å². The van der Waals surface area contributed by atoms with E-state index in [1.54, 1.807) is 0 Å². The topological polar surface area (TPSA) is 160 Å². The summed E-state index contributed by atoms with van der Waals surface area (Å²) in [5.41, 5.74) is -1.50. The monoisotopic (exact) mass is 468 g/mol. The van der Waals surface area contributed by atoms with Gasteiger partial charge in [0, 0.05) is 32.6 Å². The summed E-state index contributed by atoms with van der Waals surface area (Å²) in [6.45, 7) is 4.56. The van der Waals surface area contributed by atoms with Gasteiger partial charge in [-0.2, -0.15) is 0 Å². The lowest BCUT2D eigenvalue weighted by atomic mass is 9.89. The Hall–Kier alpha value is -1.40. The SMILES string of the molecule is CCC(F)(OP(=O)(O)C(C)(C)O)C(C)C1O[C@@H](c2cn(C)c(=O)n(C)c2=O)[C@H](O)[C@@H]1O. The second-order valence-electron chi connectivity index (χ2n) is 8.38. The highest BCUT2D eigenvalue weighted by atomic mass is 31.2. The number of halogens is 1. The smallest absolute Gasteiger partial charge is 0.361 e. The maximum atomic E-state index is 15.6. The van der Waals surface area contributed by atoms with Gasteiger partial charge in [0.2, 0.25) is 5.85 Å². The summed E-state index contributed by atoms with van der Waals surface area (Å²) in [5.74, 6) is -4.22. The summed E-state index contributed by atoms with van der Waals surface area (Å²) in [4.78, 5) is 34.4. The van der Waals surface area contributed by atoms with E-state index in [0.717, 1.165) is 29.2 Å². The predicted octanol–water partition coefficient (Wildman–Crippen LogP) is -0.112. The number of aromatic nitrogens is 2. The lowest BCUT2D eigenvalue weighted by Crippen LogP contribution is -2.46. The fraction of sp³-hybridized carbons (Fsp3) is 0.778. The van der Waals surface area contributed by atoms with E-state index in [9.17, 15) is 34.4 Å². The largest absolute Gasteiger partial charge is 0.388 e. The average molecular weight is 468 g/mol. The Labute approximate surface area is 178 Å². The van der Waals surface area contributed by atoms with Crippen LogP contribution in [0.2, 0.25) is 0 Å². The van der Waals surface area contributed by atoms with Crippen LogP contribution in [-0.4, -0.2) is 58.9 Å². The van der Waals surface area contributed by atoms with Crippen LogP contribution in [0.1, 0.15) is 45.8 Å². The van der Waals surface area contributed by atoms with Gasteiger partial charge in [0.25, 0.3) is 5.56 Å². The summed E-state index contributed by atoms with van der Waals surface area (Å²) >= 11 is 0. The van der Waals surface area contributed by atoms with E-state index in [-0.39, 0.29) is 5.56 Å². The van der Waals surface area contributed by atoms with Crippen molar-refractivity contribution in [3.63, 3.8) is 0 Å².